The SMILES string of the molecule is CC(NCCCO)c1ccnc(Cl)c1. The lowest BCUT2D eigenvalue weighted by Crippen LogP contribution is -2.20. The molecule has 0 saturated heterocycles. The van der Waals surface area contributed by atoms with Crippen LogP contribution in [0.5, 0.6) is 0 Å². The first kappa shape index (κ1) is 11.4. The van der Waals surface area contributed by atoms with E-state index in [4.69, 9.17) is 16.7 Å². The number of rotatable bonds is 5. The second-order valence-corrected chi connectivity index (χ2v) is 3.55. The van der Waals surface area contributed by atoms with Crippen LogP contribution in [-0.4, -0.2) is 23.2 Å². The molecule has 14 heavy (non-hydrogen) atoms. The molecule has 0 saturated carbocycles. The second-order valence-electron chi connectivity index (χ2n) is 3.16. The minimum absolute atomic E-state index is 0.219. The minimum Gasteiger partial charge on any atom is -0.396 e. The van der Waals surface area contributed by atoms with E-state index in [-0.39, 0.29) is 12.6 Å². The smallest absolute Gasteiger partial charge is 0.129 e. The van der Waals surface area contributed by atoms with Crippen molar-refractivity contribution in [1.29, 1.82) is 0 Å². The summed E-state index contributed by atoms with van der Waals surface area (Å²) in [4.78, 5) is 3.92. The minimum atomic E-state index is 0.219. The molecular formula is C10H15ClN2O. The van der Waals surface area contributed by atoms with Crippen LogP contribution in [0.2, 0.25) is 5.15 Å². The van der Waals surface area contributed by atoms with E-state index in [2.05, 4.69) is 17.2 Å². The van der Waals surface area contributed by atoms with Crippen molar-refractivity contribution in [2.24, 2.45) is 0 Å². The van der Waals surface area contributed by atoms with Gasteiger partial charge in [-0.05, 0) is 37.6 Å². The number of hydrogen-bond donors (Lipinski definition) is 2. The number of nitrogens with one attached hydrogen (secondary N) is 1. The van der Waals surface area contributed by atoms with Gasteiger partial charge in [-0.1, -0.05) is 11.6 Å². The Bertz CT molecular complexity index is 281. The molecule has 1 aromatic rings. The summed E-state index contributed by atoms with van der Waals surface area (Å²) < 4.78 is 0. The van der Waals surface area contributed by atoms with Gasteiger partial charge in [-0.2, -0.15) is 0 Å². The van der Waals surface area contributed by atoms with Gasteiger partial charge in [-0.3, -0.25) is 0 Å². The molecule has 0 aliphatic carbocycles. The van der Waals surface area contributed by atoms with E-state index in [1.54, 1.807) is 6.20 Å². The predicted octanol–water partition coefficient (Wildman–Crippen LogP) is 1.77. The highest BCUT2D eigenvalue weighted by Gasteiger charge is 2.04. The summed E-state index contributed by atoms with van der Waals surface area (Å²) in [7, 11) is 0. The van der Waals surface area contributed by atoms with Gasteiger partial charge >= 0.3 is 0 Å². The molecule has 2 N–H and O–H groups in total. The average Bonchev–Trinajstić information content (AvgIpc) is 2.18. The highest BCUT2D eigenvalue weighted by atomic mass is 35.5. The Hall–Kier alpha value is -0.640. The van der Waals surface area contributed by atoms with Gasteiger partial charge in [0, 0.05) is 18.8 Å². The van der Waals surface area contributed by atoms with E-state index in [0.29, 0.717) is 5.15 Å². The van der Waals surface area contributed by atoms with Gasteiger partial charge in [0.2, 0.25) is 0 Å². The summed E-state index contributed by atoms with van der Waals surface area (Å²) in [6, 6.07) is 4.02. The number of pyridine rings is 1. The van der Waals surface area contributed by atoms with Gasteiger partial charge in [-0.15, -0.1) is 0 Å². The highest BCUT2D eigenvalue weighted by molar-refractivity contribution is 6.29. The fourth-order valence-electron chi connectivity index (χ4n) is 1.20. The topological polar surface area (TPSA) is 45.1 Å². The molecule has 0 radical (unpaired) electrons. The lowest BCUT2D eigenvalue weighted by Gasteiger charge is -2.13. The average molecular weight is 215 g/mol. The van der Waals surface area contributed by atoms with Gasteiger partial charge in [0.15, 0.2) is 0 Å². The molecule has 0 bridgehead atoms. The molecule has 1 rings (SSSR count). The van der Waals surface area contributed by atoms with Crippen molar-refractivity contribution < 1.29 is 5.11 Å². The number of hydrogen-bond acceptors (Lipinski definition) is 3. The Balaban J connectivity index is 2.47. The Morgan fingerprint density at radius 2 is 2.43 bits per heavy atom. The van der Waals surface area contributed by atoms with Crippen molar-refractivity contribution in [2.45, 2.75) is 19.4 Å². The molecule has 0 fully saturated rings. The van der Waals surface area contributed by atoms with E-state index in [0.717, 1.165) is 18.5 Å². The van der Waals surface area contributed by atoms with Crippen molar-refractivity contribution >= 4 is 11.6 Å². The third-order valence-corrected chi connectivity index (χ3v) is 2.24. The third kappa shape index (κ3) is 3.62. The lowest BCUT2D eigenvalue weighted by atomic mass is 10.1. The number of aliphatic hydroxyl groups is 1. The molecule has 0 aliphatic rings. The maximum atomic E-state index is 8.62. The predicted molar refractivity (Wildman–Crippen MR) is 57.4 cm³/mol. The molecule has 0 aromatic carbocycles. The Morgan fingerprint density at radius 3 is 3.07 bits per heavy atom. The molecule has 4 heteroatoms. The van der Waals surface area contributed by atoms with Crippen LogP contribution in [0.25, 0.3) is 0 Å². The van der Waals surface area contributed by atoms with E-state index < -0.39 is 0 Å². The zero-order valence-corrected chi connectivity index (χ0v) is 8.96. The summed E-state index contributed by atoms with van der Waals surface area (Å²) in [5.41, 5.74) is 1.11. The van der Waals surface area contributed by atoms with Gasteiger partial charge < -0.3 is 10.4 Å². The normalized spacial score (nSPS) is 12.8. The van der Waals surface area contributed by atoms with Crippen molar-refractivity contribution in [2.75, 3.05) is 13.2 Å². The quantitative estimate of drug-likeness (QED) is 0.580. The molecule has 1 unspecified atom stereocenters. The van der Waals surface area contributed by atoms with Crippen molar-refractivity contribution in [3.05, 3.63) is 29.0 Å². The summed E-state index contributed by atoms with van der Waals surface area (Å²) in [6.07, 6.45) is 2.46. The van der Waals surface area contributed by atoms with E-state index in [9.17, 15) is 0 Å². The zero-order valence-electron chi connectivity index (χ0n) is 8.20. The van der Waals surface area contributed by atoms with Crippen LogP contribution in [0.15, 0.2) is 18.3 Å². The summed E-state index contributed by atoms with van der Waals surface area (Å²) in [6.45, 7) is 3.08. The van der Waals surface area contributed by atoms with Crippen LogP contribution in [0.1, 0.15) is 24.9 Å². The molecule has 3 nitrogen and oxygen atoms in total. The van der Waals surface area contributed by atoms with Crippen molar-refractivity contribution in [3.8, 4) is 0 Å². The molecule has 1 atom stereocenters. The van der Waals surface area contributed by atoms with Crippen LogP contribution < -0.4 is 5.32 Å². The van der Waals surface area contributed by atoms with Crippen LogP contribution in [0.4, 0.5) is 0 Å². The molecule has 1 aromatic heterocycles. The summed E-state index contributed by atoms with van der Waals surface area (Å²) >= 11 is 5.77. The highest BCUT2D eigenvalue weighted by Crippen LogP contribution is 2.14. The monoisotopic (exact) mass is 214 g/mol. The largest absolute Gasteiger partial charge is 0.396 e. The first-order valence-corrected chi connectivity index (χ1v) is 5.07. The Morgan fingerprint density at radius 1 is 1.64 bits per heavy atom. The maximum absolute atomic E-state index is 8.62. The summed E-state index contributed by atoms with van der Waals surface area (Å²) in [5.74, 6) is 0. The lowest BCUT2D eigenvalue weighted by molar-refractivity contribution is 0.284. The Kier molecular flexibility index (Phi) is 4.87. The zero-order chi connectivity index (χ0) is 10.4. The van der Waals surface area contributed by atoms with Gasteiger partial charge in [0.25, 0.3) is 0 Å². The van der Waals surface area contributed by atoms with Crippen LogP contribution in [-0.2, 0) is 0 Å². The van der Waals surface area contributed by atoms with E-state index in [1.807, 2.05) is 12.1 Å². The van der Waals surface area contributed by atoms with E-state index >= 15 is 0 Å². The third-order valence-electron chi connectivity index (χ3n) is 2.04. The van der Waals surface area contributed by atoms with Crippen molar-refractivity contribution in [3.63, 3.8) is 0 Å². The first-order valence-electron chi connectivity index (χ1n) is 4.69. The van der Waals surface area contributed by atoms with Crippen LogP contribution >= 0.6 is 11.6 Å². The number of nitrogens with zero attached hydrogens (tertiary/aromatic N) is 1. The van der Waals surface area contributed by atoms with E-state index in [1.165, 1.54) is 0 Å². The van der Waals surface area contributed by atoms with Gasteiger partial charge in [0.1, 0.15) is 5.15 Å². The van der Waals surface area contributed by atoms with Crippen LogP contribution in [0, 0.1) is 0 Å². The number of aromatic nitrogens is 1. The van der Waals surface area contributed by atoms with Gasteiger partial charge in [-0.25, -0.2) is 4.98 Å². The maximum Gasteiger partial charge on any atom is 0.129 e. The summed E-state index contributed by atoms with van der Waals surface area (Å²) in [5, 5.41) is 12.4. The Labute approximate surface area is 89.1 Å². The first-order chi connectivity index (χ1) is 6.74. The molecule has 0 aliphatic heterocycles. The van der Waals surface area contributed by atoms with Gasteiger partial charge in [0.05, 0.1) is 0 Å². The molecule has 1 heterocycles. The standard InChI is InChI=1S/C10H15ClN2O/c1-8(12-4-2-6-14)9-3-5-13-10(11)7-9/h3,5,7-8,12,14H,2,4,6H2,1H3. The molecule has 78 valence electrons. The number of aliphatic hydroxyl groups excluding tert-OH is 1. The second kappa shape index (κ2) is 5.96. The fraction of sp³-hybridized carbons (Fsp3) is 0.500. The number of halogens is 1. The molecular weight excluding hydrogens is 200 g/mol. The molecule has 0 amide bonds. The van der Waals surface area contributed by atoms with Crippen LogP contribution in [0.3, 0.4) is 0 Å². The fourth-order valence-corrected chi connectivity index (χ4v) is 1.38. The molecule has 0 spiro atoms. The van der Waals surface area contributed by atoms with Crippen molar-refractivity contribution in [1.82, 2.24) is 10.3 Å².